The number of methoxy groups -OCH3 is 1. The Hall–Kier alpha value is -3.49. The maximum absolute atomic E-state index is 13.7. The van der Waals surface area contributed by atoms with Gasteiger partial charge in [-0.05, 0) is 55.4 Å². The van der Waals surface area contributed by atoms with Crippen molar-refractivity contribution < 1.29 is 23.8 Å². The van der Waals surface area contributed by atoms with E-state index in [9.17, 15) is 14.3 Å². The molecule has 0 saturated carbocycles. The summed E-state index contributed by atoms with van der Waals surface area (Å²) in [5.41, 5.74) is 2.99. The Bertz CT molecular complexity index is 1220. The van der Waals surface area contributed by atoms with Crippen molar-refractivity contribution >= 4 is 5.91 Å². The van der Waals surface area contributed by atoms with Gasteiger partial charge in [0.1, 0.15) is 23.2 Å². The SMILES string of the molecule is COc1cccc(-c2cnc3c(c2)C(=O)N([C@H](C)CO)C[C@@H](C)[C@H](CN(C)Cc2ccc(F)cc2)O3)c1. The van der Waals surface area contributed by atoms with Crippen LogP contribution < -0.4 is 9.47 Å². The zero-order valence-electron chi connectivity index (χ0n) is 21.7. The minimum absolute atomic E-state index is 0.0263. The van der Waals surface area contributed by atoms with Crippen LogP contribution in [-0.2, 0) is 6.54 Å². The number of benzene rings is 2. The summed E-state index contributed by atoms with van der Waals surface area (Å²) >= 11 is 0. The van der Waals surface area contributed by atoms with E-state index < -0.39 is 0 Å². The molecule has 2 aromatic carbocycles. The zero-order valence-corrected chi connectivity index (χ0v) is 21.7. The van der Waals surface area contributed by atoms with Crippen molar-refractivity contribution in [1.29, 1.82) is 0 Å². The highest BCUT2D eigenvalue weighted by atomic mass is 19.1. The molecule has 4 rings (SSSR count). The second-order valence-electron chi connectivity index (χ2n) is 9.75. The topological polar surface area (TPSA) is 75.1 Å². The van der Waals surface area contributed by atoms with Crippen LogP contribution in [0.4, 0.5) is 4.39 Å². The predicted octanol–water partition coefficient (Wildman–Crippen LogP) is 4.25. The number of aromatic nitrogens is 1. The van der Waals surface area contributed by atoms with Gasteiger partial charge in [-0.3, -0.25) is 9.69 Å². The highest BCUT2D eigenvalue weighted by Gasteiger charge is 2.34. The summed E-state index contributed by atoms with van der Waals surface area (Å²) in [6.45, 7) is 5.35. The molecule has 0 fully saturated rings. The maximum atomic E-state index is 13.7. The highest BCUT2D eigenvalue weighted by molar-refractivity contribution is 5.98. The summed E-state index contributed by atoms with van der Waals surface area (Å²) < 4.78 is 25.1. The van der Waals surface area contributed by atoms with E-state index >= 15 is 0 Å². The number of likely N-dealkylation sites (N-methyl/N-ethyl adjacent to an activating group) is 1. The number of rotatable bonds is 8. The van der Waals surface area contributed by atoms with Gasteiger partial charge in [0.15, 0.2) is 0 Å². The smallest absolute Gasteiger partial charge is 0.259 e. The number of carbonyl (C=O) groups is 1. The summed E-state index contributed by atoms with van der Waals surface area (Å²) in [4.78, 5) is 22.1. The first-order valence-electron chi connectivity index (χ1n) is 12.4. The first kappa shape index (κ1) is 26.6. The van der Waals surface area contributed by atoms with E-state index in [1.807, 2.05) is 45.2 Å². The molecule has 0 unspecified atom stereocenters. The second kappa shape index (κ2) is 11.7. The number of carbonyl (C=O) groups excluding carboxylic acids is 1. The predicted molar refractivity (Wildman–Crippen MR) is 140 cm³/mol. The molecule has 7 nitrogen and oxygen atoms in total. The molecule has 2 heterocycles. The maximum Gasteiger partial charge on any atom is 0.259 e. The second-order valence-corrected chi connectivity index (χ2v) is 9.75. The van der Waals surface area contributed by atoms with Gasteiger partial charge in [0.05, 0.1) is 19.8 Å². The molecule has 0 saturated heterocycles. The van der Waals surface area contributed by atoms with Gasteiger partial charge in [0, 0.05) is 37.3 Å². The lowest BCUT2D eigenvalue weighted by molar-refractivity contribution is 0.0325. The third kappa shape index (κ3) is 6.26. The molecule has 1 aliphatic heterocycles. The minimum Gasteiger partial charge on any atom is -0.497 e. The molecular weight excluding hydrogens is 473 g/mol. The van der Waals surface area contributed by atoms with Crippen LogP contribution in [0.2, 0.25) is 0 Å². The van der Waals surface area contributed by atoms with E-state index in [0.717, 1.165) is 16.7 Å². The molecule has 8 heteroatoms. The van der Waals surface area contributed by atoms with Gasteiger partial charge in [0.2, 0.25) is 5.88 Å². The molecule has 3 aromatic rings. The van der Waals surface area contributed by atoms with E-state index in [4.69, 9.17) is 9.47 Å². The van der Waals surface area contributed by atoms with E-state index in [0.29, 0.717) is 30.9 Å². The molecule has 0 bridgehead atoms. The standard InChI is InChI=1S/C29H34FN3O4/c1-19-15-33(20(2)18-34)29(35)26-13-23(22-6-5-7-25(12-22)36-4)14-31-28(26)37-27(19)17-32(3)16-21-8-10-24(30)11-9-21/h5-14,19-20,27,34H,15-18H2,1-4H3/t19-,20-,27+/m1/s1. The average Bonchev–Trinajstić information content (AvgIpc) is 2.91. The minimum atomic E-state index is -0.362. The first-order valence-corrected chi connectivity index (χ1v) is 12.4. The lowest BCUT2D eigenvalue weighted by Gasteiger charge is -2.37. The Labute approximate surface area is 217 Å². The number of fused-ring (bicyclic) bond motifs is 1. The van der Waals surface area contributed by atoms with Crippen LogP contribution in [0.1, 0.15) is 29.8 Å². The Morgan fingerprint density at radius 3 is 2.68 bits per heavy atom. The number of halogens is 1. The Kier molecular flexibility index (Phi) is 8.41. The van der Waals surface area contributed by atoms with Crippen molar-refractivity contribution in [2.45, 2.75) is 32.5 Å². The Morgan fingerprint density at radius 2 is 1.97 bits per heavy atom. The van der Waals surface area contributed by atoms with Gasteiger partial charge in [-0.1, -0.05) is 31.2 Å². The number of nitrogens with zero attached hydrogens (tertiary/aromatic N) is 3. The van der Waals surface area contributed by atoms with Gasteiger partial charge in [-0.25, -0.2) is 9.37 Å². The number of hydrogen-bond donors (Lipinski definition) is 1. The van der Waals surface area contributed by atoms with Crippen molar-refractivity contribution in [1.82, 2.24) is 14.8 Å². The number of aliphatic hydroxyl groups excluding tert-OH is 1. The van der Waals surface area contributed by atoms with Gasteiger partial charge in [-0.15, -0.1) is 0 Å². The quantitative estimate of drug-likeness (QED) is 0.492. The molecule has 37 heavy (non-hydrogen) atoms. The van der Waals surface area contributed by atoms with E-state index in [1.165, 1.54) is 12.1 Å². The summed E-state index contributed by atoms with van der Waals surface area (Å²) in [6.07, 6.45) is 1.44. The Morgan fingerprint density at radius 1 is 1.22 bits per heavy atom. The molecule has 0 spiro atoms. The highest BCUT2D eigenvalue weighted by Crippen LogP contribution is 2.31. The van der Waals surface area contributed by atoms with Crippen LogP contribution >= 0.6 is 0 Å². The number of pyridine rings is 1. The fourth-order valence-electron chi connectivity index (χ4n) is 4.55. The van der Waals surface area contributed by atoms with Crippen molar-refractivity contribution in [3.63, 3.8) is 0 Å². The lowest BCUT2D eigenvalue weighted by Crippen LogP contribution is -2.49. The molecule has 1 N–H and O–H groups in total. The molecule has 0 radical (unpaired) electrons. The Balaban J connectivity index is 1.65. The van der Waals surface area contributed by atoms with Crippen LogP contribution in [0.15, 0.2) is 60.8 Å². The number of aliphatic hydroxyl groups is 1. The number of amides is 1. The largest absolute Gasteiger partial charge is 0.497 e. The summed E-state index contributed by atoms with van der Waals surface area (Å²) in [5, 5.41) is 9.90. The summed E-state index contributed by atoms with van der Waals surface area (Å²) in [7, 11) is 3.59. The zero-order chi connectivity index (χ0) is 26.5. The van der Waals surface area contributed by atoms with E-state index in [-0.39, 0.29) is 42.3 Å². The van der Waals surface area contributed by atoms with Gasteiger partial charge >= 0.3 is 0 Å². The van der Waals surface area contributed by atoms with Crippen LogP contribution in [0.25, 0.3) is 11.1 Å². The third-order valence-electron chi connectivity index (χ3n) is 6.78. The van der Waals surface area contributed by atoms with Crippen molar-refractivity contribution in [2.75, 3.05) is 33.9 Å². The van der Waals surface area contributed by atoms with Crippen LogP contribution in [-0.4, -0.2) is 71.8 Å². The lowest BCUT2D eigenvalue weighted by atomic mass is 9.99. The first-order chi connectivity index (χ1) is 17.8. The summed E-state index contributed by atoms with van der Waals surface area (Å²) in [5.74, 6) is 0.474. The number of ether oxygens (including phenoxy) is 2. The monoisotopic (exact) mass is 507 g/mol. The molecule has 196 valence electrons. The molecule has 1 amide bonds. The fourth-order valence-corrected chi connectivity index (χ4v) is 4.55. The van der Waals surface area contributed by atoms with E-state index in [1.54, 1.807) is 36.4 Å². The van der Waals surface area contributed by atoms with Crippen molar-refractivity contribution in [3.05, 3.63) is 77.7 Å². The molecule has 3 atom stereocenters. The normalized spacial score (nSPS) is 18.6. The molecule has 1 aromatic heterocycles. The average molecular weight is 508 g/mol. The fraction of sp³-hybridized carbons (Fsp3) is 0.379. The van der Waals surface area contributed by atoms with Gasteiger partial charge < -0.3 is 19.5 Å². The van der Waals surface area contributed by atoms with Crippen LogP contribution in [0.5, 0.6) is 11.6 Å². The van der Waals surface area contributed by atoms with Gasteiger partial charge in [0.25, 0.3) is 5.91 Å². The summed E-state index contributed by atoms with van der Waals surface area (Å²) in [6, 6.07) is 15.5. The third-order valence-corrected chi connectivity index (χ3v) is 6.78. The van der Waals surface area contributed by atoms with Crippen LogP contribution in [0.3, 0.4) is 0 Å². The molecule has 0 aliphatic carbocycles. The van der Waals surface area contributed by atoms with Crippen molar-refractivity contribution in [2.24, 2.45) is 5.92 Å². The van der Waals surface area contributed by atoms with Crippen LogP contribution in [0, 0.1) is 11.7 Å². The van der Waals surface area contributed by atoms with E-state index in [2.05, 4.69) is 9.88 Å². The molecular formula is C29H34FN3O4. The van der Waals surface area contributed by atoms with Crippen molar-refractivity contribution in [3.8, 4) is 22.8 Å². The van der Waals surface area contributed by atoms with Gasteiger partial charge in [-0.2, -0.15) is 0 Å². The number of hydrogen-bond acceptors (Lipinski definition) is 6. The molecule has 1 aliphatic rings.